The number of hydrogen-bond acceptors (Lipinski definition) is 0. The minimum absolute atomic E-state index is 1.20. The number of rotatable bonds is 8. The van der Waals surface area contributed by atoms with Gasteiger partial charge in [0.1, 0.15) is 0 Å². The van der Waals surface area contributed by atoms with Crippen molar-refractivity contribution in [2.45, 2.75) is 45.4 Å². The average Bonchev–Trinajstić information content (AvgIpc) is 2.16. The maximum Gasteiger partial charge on any atom is -0.0348 e. The SMILES string of the molecule is C=CC=CCCCCCCC=CC. The molecule has 0 N–H and O–H groups in total. The third-order valence-corrected chi connectivity index (χ3v) is 2.00. The predicted molar refractivity (Wildman–Crippen MR) is 61.9 cm³/mol. The molecule has 0 amide bonds. The second kappa shape index (κ2) is 11.2. The summed E-state index contributed by atoms with van der Waals surface area (Å²) >= 11 is 0. The summed E-state index contributed by atoms with van der Waals surface area (Å²) in [6, 6.07) is 0. The first-order valence-electron chi connectivity index (χ1n) is 5.30. The highest BCUT2D eigenvalue weighted by Crippen LogP contribution is 2.06. The average molecular weight is 178 g/mol. The summed E-state index contributed by atoms with van der Waals surface area (Å²) < 4.78 is 0. The normalized spacial score (nSPS) is 11.5. The van der Waals surface area contributed by atoms with Gasteiger partial charge in [-0.3, -0.25) is 0 Å². The Balaban J connectivity index is 2.99. The van der Waals surface area contributed by atoms with Gasteiger partial charge in [0.15, 0.2) is 0 Å². The van der Waals surface area contributed by atoms with E-state index in [9.17, 15) is 0 Å². The van der Waals surface area contributed by atoms with E-state index in [4.69, 9.17) is 0 Å². The molecule has 0 saturated carbocycles. The Morgan fingerprint density at radius 2 is 1.54 bits per heavy atom. The van der Waals surface area contributed by atoms with Gasteiger partial charge in [-0.2, -0.15) is 0 Å². The van der Waals surface area contributed by atoms with Gasteiger partial charge in [-0.1, -0.05) is 49.8 Å². The molecule has 0 spiro atoms. The van der Waals surface area contributed by atoms with E-state index in [1.165, 1.54) is 38.5 Å². The van der Waals surface area contributed by atoms with E-state index in [1.54, 1.807) is 0 Å². The Kier molecular flexibility index (Phi) is 10.5. The summed E-state index contributed by atoms with van der Waals surface area (Å²) in [5.74, 6) is 0. The van der Waals surface area contributed by atoms with Crippen molar-refractivity contribution in [3.05, 3.63) is 37.0 Å². The molecule has 0 nitrogen and oxygen atoms in total. The largest absolute Gasteiger partial charge is 0.0991 e. The lowest BCUT2D eigenvalue weighted by Gasteiger charge is -1.96. The van der Waals surface area contributed by atoms with Gasteiger partial charge >= 0.3 is 0 Å². The van der Waals surface area contributed by atoms with E-state index in [0.717, 1.165) is 0 Å². The van der Waals surface area contributed by atoms with Gasteiger partial charge in [0.2, 0.25) is 0 Å². The molecule has 0 atom stereocenters. The standard InChI is InChI=1S/C13H22/c1-3-5-7-9-11-13-12-10-8-6-4-2/h3-7H,1,8-13H2,2H3. The van der Waals surface area contributed by atoms with Crippen molar-refractivity contribution in [2.24, 2.45) is 0 Å². The first kappa shape index (κ1) is 12.2. The molecule has 0 heterocycles. The van der Waals surface area contributed by atoms with Crippen molar-refractivity contribution in [1.29, 1.82) is 0 Å². The molecule has 0 heteroatoms. The maximum atomic E-state index is 3.63. The highest BCUT2D eigenvalue weighted by molar-refractivity contribution is 4.96. The van der Waals surface area contributed by atoms with Crippen molar-refractivity contribution < 1.29 is 0 Å². The molecule has 0 unspecified atom stereocenters. The van der Waals surface area contributed by atoms with Crippen LogP contribution in [0.2, 0.25) is 0 Å². The first-order chi connectivity index (χ1) is 6.41. The Labute approximate surface area is 83.0 Å². The summed E-state index contributed by atoms with van der Waals surface area (Å²) in [5.41, 5.74) is 0. The van der Waals surface area contributed by atoms with E-state index in [2.05, 4.69) is 31.7 Å². The van der Waals surface area contributed by atoms with E-state index >= 15 is 0 Å². The zero-order valence-electron chi connectivity index (χ0n) is 8.84. The van der Waals surface area contributed by atoms with Crippen LogP contribution in [0, 0.1) is 0 Å². The number of unbranched alkanes of at least 4 members (excludes halogenated alkanes) is 5. The highest BCUT2D eigenvalue weighted by Gasteiger charge is 1.86. The molecule has 0 radical (unpaired) electrons. The molecule has 0 saturated heterocycles. The van der Waals surface area contributed by atoms with Gasteiger partial charge in [0, 0.05) is 0 Å². The minimum atomic E-state index is 1.20. The van der Waals surface area contributed by atoms with Crippen LogP contribution in [-0.4, -0.2) is 0 Å². The van der Waals surface area contributed by atoms with Gasteiger partial charge in [-0.15, -0.1) is 0 Å². The van der Waals surface area contributed by atoms with E-state index in [0.29, 0.717) is 0 Å². The third-order valence-electron chi connectivity index (χ3n) is 2.00. The molecular weight excluding hydrogens is 156 g/mol. The summed E-state index contributed by atoms with van der Waals surface area (Å²) in [6.07, 6.45) is 18.3. The van der Waals surface area contributed by atoms with Crippen molar-refractivity contribution in [3.63, 3.8) is 0 Å². The summed E-state index contributed by atoms with van der Waals surface area (Å²) in [4.78, 5) is 0. The molecule has 0 bridgehead atoms. The van der Waals surface area contributed by atoms with Crippen molar-refractivity contribution in [2.75, 3.05) is 0 Å². The zero-order chi connectivity index (χ0) is 9.78. The Morgan fingerprint density at radius 1 is 0.923 bits per heavy atom. The Hall–Kier alpha value is -0.780. The maximum absolute atomic E-state index is 3.63. The van der Waals surface area contributed by atoms with Crippen LogP contribution < -0.4 is 0 Å². The molecular formula is C13H22. The van der Waals surface area contributed by atoms with Gasteiger partial charge in [0.05, 0.1) is 0 Å². The Bertz CT molecular complexity index is 151. The molecule has 74 valence electrons. The summed E-state index contributed by atoms with van der Waals surface area (Å²) in [6.45, 7) is 5.72. The second-order valence-corrected chi connectivity index (χ2v) is 3.22. The number of allylic oxidation sites excluding steroid dienone is 5. The molecule has 13 heavy (non-hydrogen) atoms. The van der Waals surface area contributed by atoms with Gasteiger partial charge in [0.25, 0.3) is 0 Å². The first-order valence-corrected chi connectivity index (χ1v) is 5.30. The van der Waals surface area contributed by atoms with Crippen LogP contribution in [0.25, 0.3) is 0 Å². The lowest BCUT2D eigenvalue weighted by atomic mass is 10.1. The topological polar surface area (TPSA) is 0 Å². The quantitative estimate of drug-likeness (QED) is 0.288. The van der Waals surface area contributed by atoms with Crippen molar-refractivity contribution >= 4 is 0 Å². The fourth-order valence-corrected chi connectivity index (χ4v) is 1.24. The van der Waals surface area contributed by atoms with E-state index in [1.807, 2.05) is 12.2 Å². The molecule has 0 rings (SSSR count). The second-order valence-electron chi connectivity index (χ2n) is 3.22. The van der Waals surface area contributed by atoms with Gasteiger partial charge in [-0.05, 0) is 32.6 Å². The van der Waals surface area contributed by atoms with Crippen LogP contribution in [-0.2, 0) is 0 Å². The minimum Gasteiger partial charge on any atom is -0.0991 e. The highest BCUT2D eigenvalue weighted by atomic mass is 13.9. The fourth-order valence-electron chi connectivity index (χ4n) is 1.24. The van der Waals surface area contributed by atoms with Gasteiger partial charge in [-0.25, -0.2) is 0 Å². The van der Waals surface area contributed by atoms with Crippen molar-refractivity contribution in [3.8, 4) is 0 Å². The third kappa shape index (κ3) is 11.2. The van der Waals surface area contributed by atoms with Crippen LogP contribution in [0.15, 0.2) is 37.0 Å². The lowest BCUT2D eigenvalue weighted by molar-refractivity contribution is 0.652. The molecule has 0 aliphatic rings. The Morgan fingerprint density at radius 3 is 2.08 bits per heavy atom. The lowest BCUT2D eigenvalue weighted by Crippen LogP contribution is -1.76. The summed E-state index contributed by atoms with van der Waals surface area (Å²) in [7, 11) is 0. The van der Waals surface area contributed by atoms with Crippen LogP contribution >= 0.6 is 0 Å². The molecule has 0 aromatic heterocycles. The molecule has 0 aliphatic heterocycles. The predicted octanol–water partition coefficient (Wildman–Crippen LogP) is 4.65. The van der Waals surface area contributed by atoms with Gasteiger partial charge < -0.3 is 0 Å². The molecule has 0 aliphatic carbocycles. The van der Waals surface area contributed by atoms with Crippen LogP contribution in [0.3, 0.4) is 0 Å². The van der Waals surface area contributed by atoms with E-state index < -0.39 is 0 Å². The fraction of sp³-hybridized carbons (Fsp3) is 0.538. The zero-order valence-corrected chi connectivity index (χ0v) is 8.84. The molecule has 0 aromatic rings. The van der Waals surface area contributed by atoms with E-state index in [-0.39, 0.29) is 0 Å². The van der Waals surface area contributed by atoms with Crippen molar-refractivity contribution in [1.82, 2.24) is 0 Å². The molecule has 0 aromatic carbocycles. The van der Waals surface area contributed by atoms with Crippen LogP contribution in [0.5, 0.6) is 0 Å². The smallest absolute Gasteiger partial charge is 0.0348 e. The van der Waals surface area contributed by atoms with Crippen LogP contribution in [0.4, 0.5) is 0 Å². The van der Waals surface area contributed by atoms with Crippen LogP contribution in [0.1, 0.15) is 45.4 Å². The monoisotopic (exact) mass is 178 g/mol. The number of hydrogen-bond donors (Lipinski definition) is 0. The molecule has 0 fully saturated rings. The summed E-state index contributed by atoms with van der Waals surface area (Å²) in [5, 5.41) is 0.